The number of Topliss-reactive ketones (excluding diaryl/α,β-unsaturated/α-hetero) is 1. The summed E-state index contributed by atoms with van der Waals surface area (Å²) >= 11 is 4.02. The Kier molecular flexibility index (Phi) is 2.40. The summed E-state index contributed by atoms with van der Waals surface area (Å²) in [6, 6.07) is 4.49. The first-order valence-electron chi connectivity index (χ1n) is 4.34. The van der Waals surface area contributed by atoms with E-state index in [2.05, 4.69) is 12.6 Å². The number of ketones is 1. The molecule has 0 radical (unpaired) electrons. The second-order valence-electron chi connectivity index (χ2n) is 3.19. The fourth-order valence-electron chi connectivity index (χ4n) is 1.50. The maximum absolute atomic E-state index is 11.5. The number of para-hydroxylation sites is 1. The SMILES string of the molecule is O=C(O)c1cccc2c1OC(S)CC2=O. The van der Waals surface area contributed by atoms with Gasteiger partial charge in [0.05, 0.1) is 12.0 Å². The van der Waals surface area contributed by atoms with E-state index >= 15 is 0 Å². The summed E-state index contributed by atoms with van der Waals surface area (Å²) in [6.45, 7) is 0. The lowest BCUT2D eigenvalue weighted by Crippen LogP contribution is -2.23. The van der Waals surface area contributed by atoms with Crippen LogP contribution in [0.15, 0.2) is 18.2 Å². The van der Waals surface area contributed by atoms with Crippen molar-refractivity contribution in [2.24, 2.45) is 0 Å². The molecule has 0 aromatic heterocycles. The number of rotatable bonds is 1. The largest absolute Gasteiger partial charge is 0.478 e. The average molecular weight is 224 g/mol. The van der Waals surface area contributed by atoms with Crippen molar-refractivity contribution in [2.75, 3.05) is 0 Å². The van der Waals surface area contributed by atoms with Gasteiger partial charge in [0.15, 0.2) is 5.78 Å². The van der Waals surface area contributed by atoms with Gasteiger partial charge in [-0.05, 0) is 12.1 Å². The molecule has 0 amide bonds. The molecule has 4 nitrogen and oxygen atoms in total. The van der Waals surface area contributed by atoms with Crippen LogP contribution in [-0.4, -0.2) is 22.3 Å². The number of fused-ring (bicyclic) bond motifs is 1. The van der Waals surface area contributed by atoms with Crippen LogP contribution in [0.4, 0.5) is 0 Å². The fraction of sp³-hybridized carbons (Fsp3) is 0.200. The summed E-state index contributed by atoms with van der Waals surface area (Å²) in [5.74, 6) is -1.12. The second-order valence-corrected chi connectivity index (χ2v) is 3.76. The van der Waals surface area contributed by atoms with E-state index in [9.17, 15) is 9.59 Å². The molecule has 1 heterocycles. The van der Waals surface area contributed by atoms with E-state index in [4.69, 9.17) is 9.84 Å². The number of carbonyl (C=O) groups excluding carboxylic acids is 1. The van der Waals surface area contributed by atoms with Crippen LogP contribution in [0.1, 0.15) is 27.1 Å². The predicted molar refractivity (Wildman–Crippen MR) is 55.8 cm³/mol. The van der Waals surface area contributed by atoms with Crippen LogP contribution in [-0.2, 0) is 0 Å². The number of hydrogen-bond donors (Lipinski definition) is 2. The normalized spacial score (nSPS) is 19.3. The molecule has 1 aliphatic rings. The minimum atomic E-state index is -1.11. The van der Waals surface area contributed by atoms with E-state index in [-0.39, 0.29) is 23.5 Å². The van der Waals surface area contributed by atoms with Crippen molar-refractivity contribution in [3.05, 3.63) is 29.3 Å². The van der Waals surface area contributed by atoms with E-state index < -0.39 is 11.4 Å². The van der Waals surface area contributed by atoms with Crippen LogP contribution >= 0.6 is 12.6 Å². The number of thiol groups is 1. The van der Waals surface area contributed by atoms with Gasteiger partial charge in [0, 0.05) is 0 Å². The van der Waals surface area contributed by atoms with Crippen LogP contribution in [0.3, 0.4) is 0 Å². The molecule has 0 spiro atoms. The number of hydrogen-bond acceptors (Lipinski definition) is 4. The zero-order chi connectivity index (χ0) is 11.0. The highest BCUT2D eigenvalue weighted by atomic mass is 32.1. The van der Waals surface area contributed by atoms with Crippen LogP contribution in [0.25, 0.3) is 0 Å². The third kappa shape index (κ3) is 1.70. The minimum Gasteiger partial charge on any atom is -0.478 e. The molecule has 0 aliphatic carbocycles. The van der Waals surface area contributed by atoms with Crippen LogP contribution in [0.2, 0.25) is 0 Å². The molecule has 1 atom stereocenters. The molecule has 2 rings (SSSR count). The Morgan fingerprint density at radius 2 is 2.27 bits per heavy atom. The summed E-state index contributed by atoms with van der Waals surface area (Å²) in [5, 5.41) is 8.90. The van der Waals surface area contributed by atoms with Crippen molar-refractivity contribution in [2.45, 2.75) is 11.9 Å². The van der Waals surface area contributed by atoms with E-state index in [1.165, 1.54) is 12.1 Å². The van der Waals surface area contributed by atoms with Gasteiger partial charge in [-0.1, -0.05) is 6.07 Å². The van der Waals surface area contributed by atoms with Crippen LogP contribution in [0, 0.1) is 0 Å². The maximum atomic E-state index is 11.5. The Hall–Kier alpha value is -1.49. The van der Waals surface area contributed by atoms with E-state index in [0.29, 0.717) is 5.56 Å². The van der Waals surface area contributed by atoms with Gasteiger partial charge in [0.1, 0.15) is 16.7 Å². The molecule has 1 aromatic carbocycles. The molecular weight excluding hydrogens is 216 g/mol. The number of aromatic carboxylic acids is 1. The standard InChI is InChI=1S/C10H8O4S/c11-7-4-8(15)14-9-5(7)2-1-3-6(9)10(12)13/h1-3,8,15H,4H2,(H,12,13). The summed E-state index contributed by atoms with van der Waals surface area (Å²) in [4.78, 5) is 22.4. The van der Waals surface area contributed by atoms with Crippen molar-refractivity contribution in [3.8, 4) is 5.75 Å². The molecule has 1 unspecified atom stereocenters. The highest BCUT2D eigenvalue weighted by Gasteiger charge is 2.27. The first kappa shape index (κ1) is 10.0. The maximum Gasteiger partial charge on any atom is 0.339 e. The molecule has 0 bridgehead atoms. The monoisotopic (exact) mass is 224 g/mol. The van der Waals surface area contributed by atoms with Gasteiger partial charge < -0.3 is 9.84 Å². The molecule has 1 aromatic rings. The minimum absolute atomic E-state index is 0.000370. The van der Waals surface area contributed by atoms with Gasteiger partial charge in [-0.15, -0.1) is 12.6 Å². The first-order valence-corrected chi connectivity index (χ1v) is 4.85. The Morgan fingerprint density at radius 3 is 2.93 bits per heavy atom. The van der Waals surface area contributed by atoms with Gasteiger partial charge in [-0.25, -0.2) is 4.79 Å². The third-order valence-electron chi connectivity index (χ3n) is 2.16. The average Bonchev–Trinajstić information content (AvgIpc) is 2.16. The van der Waals surface area contributed by atoms with Crippen LogP contribution < -0.4 is 4.74 Å². The second kappa shape index (κ2) is 3.58. The molecule has 15 heavy (non-hydrogen) atoms. The highest BCUT2D eigenvalue weighted by molar-refractivity contribution is 7.80. The summed E-state index contributed by atoms with van der Waals surface area (Å²) < 4.78 is 5.26. The van der Waals surface area contributed by atoms with E-state index in [1.54, 1.807) is 6.07 Å². The van der Waals surface area contributed by atoms with Gasteiger partial charge >= 0.3 is 5.97 Å². The number of ether oxygens (including phenoxy) is 1. The lowest BCUT2D eigenvalue weighted by molar-refractivity contribution is 0.0690. The summed E-state index contributed by atoms with van der Waals surface area (Å²) in [7, 11) is 0. The Balaban J connectivity index is 2.59. The number of carboxylic acids is 1. The lowest BCUT2D eigenvalue weighted by atomic mass is 10.0. The van der Waals surface area contributed by atoms with E-state index in [0.717, 1.165) is 0 Å². The lowest BCUT2D eigenvalue weighted by Gasteiger charge is -2.22. The van der Waals surface area contributed by atoms with E-state index in [1.807, 2.05) is 0 Å². The molecule has 1 aliphatic heterocycles. The Bertz CT molecular complexity index is 427. The molecule has 78 valence electrons. The zero-order valence-electron chi connectivity index (χ0n) is 7.64. The zero-order valence-corrected chi connectivity index (χ0v) is 8.53. The molecule has 0 saturated carbocycles. The molecule has 0 fully saturated rings. The summed E-state index contributed by atoms with van der Waals surface area (Å²) in [6.07, 6.45) is 0.166. The van der Waals surface area contributed by atoms with Gasteiger partial charge in [-0.3, -0.25) is 4.79 Å². The third-order valence-corrected chi connectivity index (χ3v) is 2.45. The summed E-state index contributed by atoms with van der Waals surface area (Å²) in [5.41, 5.74) is -0.245. The highest BCUT2D eigenvalue weighted by Crippen LogP contribution is 2.32. The quantitative estimate of drug-likeness (QED) is 0.711. The van der Waals surface area contributed by atoms with Crippen molar-refractivity contribution in [1.82, 2.24) is 0 Å². The van der Waals surface area contributed by atoms with Crippen molar-refractivity contribution in [3.63, 3.8) is 0 Å². The van der Waals surface area contributed by atoms with Gasteiger partial charge in [0.25, 0.3) is 0 Å². The van der Waals surface area contributed by atoms with Crippen molar-refractivity contribution >= 4 is 24.4 Å². The molecule has 0 saturated heterocycles. The molecule has 5 heteroatoms. The topological polar surface area (TPSA) is 63.6 Å². The van der Waals surface area contributed by atoms with Gasteiger partial charge in [0.2, 0.25) is 0 Å². The smallest absolute Gasteiger partial charge is 0.339 e. The Labute approximate surface area is 91.3 Å². The first-order chi connectivity index (χ1) is 7.09. The number of benzene rings is 1. The Morgan fingerprint density at radius 1 is 1.53 bits per heavy atom. The number of carbonyl (C=O) groups is 2. The van der Waals surface area contributed by atoms with Gasteiger partial charge in [-0.2, -0.15) is 0 Å². The van der Waals surface area contributed by atoms with Crippen molar-refractivity contribution in [1.29, 1.82) is 0 Å². The molecular formula is C10H8O4S. The van der Waals surface area contributed by atoms with Crippen LogP contribution in [0.5, 0.6) is 5.75 Å². The fourth-order valence-corrected chi connectivity index (χ4v) is 1.77. The number of carboxylic acid groups (broad SMARTS) is 1. The van der Waals surface area contributed by atoms with Crippen molar-refractivity contribution < 1.29 is 19.4 Å². The molecule has 1 N–H and O–H groups in total. The predicted octanol–water partition coefficient (Wildman–Crippen LogP) is 1.61.